The van der Waals surface area contributed by atoms with E-state index < -0.39 is 17.7 Å². The maximum absolute atomic E-state index is 12.3. The van der Waals surface area contributed by atoms with Crippen LogP contribution in [0.3, 0.4) is 0 Å². The number of aryl methyl sites for hydroxylation is 1. The van der Waals surface area contributed by atoms with Crippen molar-refractivity contribution in [3.05, 3.63) is 64.3 Å². The van der Waals surface area contributed by atoms with E-state index in [-0.39, 0.29) is 0 Å². The summed E-state index contributed by atoms with van der Waals surface area (Å²) in [4.78, 5) is 19.2. The van der Waals surface area contributed by atoms with Gasteiger partial charge in [-0.15, -0.1) is 0 Å². The van der Waals surface area contributed by atoms with E-state index in [0.29, 0.717) is 10.6 Å². The fourth-order valence-corrected chi connectivity index (χ4v) is 3.85. The number of hydrogen-bond acceptors (Lipinski definition) is 4. The van der Waals surface area contributed by atoms with Gasteiger partial charge in [0.15, 0.2) is 6.10 Å². The summed E-state index contributed by atoms with van der Waals surface area (Å²) in [5, 5.41) is 11.6. The Morgan fingerprint density at radius 3 is 2.35 bits per heavy atom. The standard InChI is InChI=1S/C25H29ClN2O3/c1-15-13-20-19(12-11-18(27-20)14-28(5)6)22(16-7-9-17(26)10-8-16)21(15)23(24(29)30)31-25(2,3)4/h7-13,23H,14H2,1-6H3,(H,29,30)/t23-/m0/s1. The minimum Gasteiger partial charge on any atom is -0.479 e. The molecule has 3 rings (SSSR count). The molecule has 0 unspecified atom stereocenters. The van der Waals surface area contributed by atoms with Crippen molar-refractivity contribution >= 4 is 28.5 Å². The molecule has 0 saturated heterocycles. The third kappa shape index (κ3) is 5.42. The van der Waals surface area contributed by atoms with Crippen molar-refractivity contribution in [3.63, 3.8) is 0 Å². The van der Waals surface area contributed by atoms with E-state index in [1.165, 1.54) is 0 Å². The Balaban J connectivity index is 2.34. The average molecular weight is 441 g/mol. The van der Waals surface area contributed by atoms with Crippen molar-refractivity contribution in [1.29, 1.82) is 0 Å². The van der Waals surface area contributed by atoms with E-state index in [2.05, 4.69) is 4.90 Å². The molecular formula is C25H29ClN2O3. The summed E-state index contributed by atoms with van der Waals surface area (Å²) < 4.78 is 6.02. The lowest BCUT2D eigenvalue weighted by atomic mass is 9.88. The molecule has 6 heteroatoms. The summed E-state index contributed by atoms with van der Waals surface area (Å²) in [6.45, 7) is 8.21. The number of benzene rings is 2. The molecule has 31 heavy (non-hydrogen) atoms. The van der Waals surface area contributed by atoms with Crippen LogP contribution in [0, 0.1) is 6.92 Å². The quantitative estimate of drug-likeness (QED) is 0.519. The van der Waals surface area contributed by atoms with Crippen molar-refractivity contribution in [1.82, 2.24) is 9.88 Å². The molecule has 1 atom stereocenters. The fraction of sp³-hybridized carbons (Fsp3) is 0.360. The molecule has 0 saturated carbocycles. The number of halogens is 1. The van der Waals surface area contributed by atoms with Gasteiger partial charge in [-0.25, -0.2) is 4.79 Å². The van der Waals surface area contributed by atoms with Crippen molar-refractivity contribution in [3.8, 4) is 11.1 Å². The first-order valence-corrected chi connectivity index (χ1v) is 10.6. The molecule has 0 amide bonds. The van der Waals surface area contributed by atoms with E-state index in [1.807, 2.05) is 84.3 Å². The monoisotopic (exact) mass is 440 g/mol. The summed E-state index contributed by atoms with van der Waals surface area (Å²) in [7, 11) is 4.00. The van der Waals surface area contributed by atoms with Crippen LogP contribution >= 0.6 is 11.6 Å². The van der Waals surface area contributed by atoms with Gasteiger partial charge in [-0.3, -0.25) is 4.98 Å². The zero-order valence-electron chi connectivity index (χ0n) is 18.9. The zero-order chi connectivity index (χ0) is 22.9. The molecule has 0 bridgehead atoms. The fourth-order valence-electron chi connectivity index (χ4n) is 3.73. The molecule has 5 nitrogen and oxygen atoms in total. The lowest BCUT2D eigenvalue weighted by Gasteiger charge is -2.28. The van der Waals surface area contributed by atoms with Gasteiger partial charge in [-0.2, -0.15) is 0 Å². The summed E-state index contributed by atoms with van der Waals surface area (Å²) >= 11 is 6.12. The van der Waals surface area contributed by atoms with Gasteiger partial charge < -0.3 is 14.7 Å². The highest BCUT2D eigenvalue weighted by Gasteiger charge is 2.31. The SMILES string of the molecule is Cc1cc2nc(CN(C)C)ccc2c(-c2ccc(Cl)cc2)c1[C@H](OC(C)(C)C)C(=O)O. The summed E-state index contributed by atoms with van der Waals surface area (Å²) in [5.74, 6) is -1.02. The third-order valence-electron chi connectivity index (χ3n) is 4.87. The number of pyridine rings is 1. The first-order valence-electron chi connectivity index (χ1n) is 10.2. The number of rotatable bonds is 6. The second-order valence-corrected chi connectivity index (χ2v) is 9.48. The summed E-state index contributed by atoms with van der Waals surface area (Å²) in [6.07, 6.45) is -1.11. The van der Waals surface area contributed by atoms with Gasteiger partial charge in [-0.05, 0) is 82.7 Å². The number of ether oxygens (including phenoxy) is 1. The van der Waals surface area contributed by atoms with Gasteiger partial charge in [0.05, 0.1) is 16.8 Å². The van der Waals surface area contributed by atoms with E-state index in [1.54, 1.807) is 0 Å². The average Bonchev–Trinajstić information content (AvgIpc) is 2.64. The minimum absolute atomic E-state index is 0.620. The van der Waals surface area contributed by atoms with Gasteiger partial charge >= 0.3 is 5.97 Å². The van der Waals surface area contributed by atoms with Gasteiger partial charge in [0.25, 0.3) is 0 Å². The number of aromatic nitrogens is 1. The topological polar surface area (TPSA) is 62.7 Å². The Kier molecular flexibility index (Phi) is 6.70. The van der Waals surface area contributed by atoms with Crippen LogP contribution in [-0.2, 0) is 16.1 Å². The Labute approximate surface area is 188 Å². The molecule has 0 radical (unpaired) electrons. The predicted molar refractivity (Wildman–Crippen MR) is 126 cm³/mol. The molecule has 2 aromatic carbocycles. The second-order valence-electron chi connectivity index (χ2n) is 9.04. The molecule has 3 aromatic rings. The Morgan fingerprint density at radius 1 is 1.16 bits per heavy atom. The number of carboxylic acids is 1. The number of aliphatic carboxylic acids is 1. The predicted octanol–water partition coefficient (Wildman–Crippen LogP) is 5.87. The van der Waals surface area contributed by atoms with Gasteiger partial charge in [0, 0.05) is 22.5 Å². The first-order chi connectivity index (χ1) is 14.5. The molecule has 1 aromatic heterocycles. The van der Waals surface area contributed by atoms with E-state index in [9.17, 15) is 9.90 Å². The number of hydrogen-bond donors (Lipinski definition) is 1. The van der Waals surface area contributed by atoms with E-state index in [4.69, 9.17) is 21.3 Å². The molecule has 1 heterocycles. The number of carboxylic acid groups (broad SMARTS) is 1. The highest BCUT2D eigenvalue weighted by molar-refractivity contribution is 6.30. The summed E-state index contributed by atoms with van der Waals surface area (Å²) in [6, 6.07) is 13.4. The normalized spacial score (nSPS) is 13.0. The van der Waals surface area contributed by atoms with Crippen molar-refractivity contribution < 1.29 is 14.6 Å². The van der Waals surface area contributed by atoms with Gasteiger partial charge in [-0.1, -0.05) is 29.8 Å². The largest absolute Gasteiger partial charge is 0.479 e. The van der Waals surface area contributed by atoms with E-state index in [0.717, 1.165) is 39.8 Å². The van der Waals surface area contributed by atoms with Crippen molar-refractivity contribution in [2.45, 2.75) is 45.9 Å². The van der Waals surface area contributed by atoms with E-state index >= 15 is 0 Å². The van der Waals surface area contributed by atoms with Crippen LogP contribution in [0.1, 0.15) is 43.7 Å². The molecule has 0 spiro atoms. The second kappa shape index (κ2) is 8.95. The van der Waals surface area contributed by atoms with Gasteiger partial charge in [0.1, 0.15) is 0 Å². The first kappa shape index (κ1) is 23.2. The van der Waals surface area contributed by atoms with Crippen LogP contribution in [0.4, 0.5) is 0 Å². The molecule has 1 N–H and O–H groups in total. The van der Waals surface area contributed by atoms with Crippen LogP contribution in [0.5, 0.6) is 0 Å². The molecule has 0 aliphatic heterocycles. The number of fused-ring (bicyclic) bond motifs is 1. The Bertz CT molecular complexity index is 1100. The van der Waals surface area contributed by atoms with Crippen molar-refractivity contribution in [2.75, 3.05) is 14.1 Å². The smallest absolute Gasteiger partial charge is 0.337 e. The zero-order valence-corrected chi connectivity index (χ0v) is 19.6. The number of nitrogens with zero attached hydrogens (tertiary/aromatic N) is 2. The molecule has 0 aliphatic rings. The molecule has 164 valence electrons. The van der Waals surface area contributed by atoms with Crippen LogP contribution in [0.2, 0.25) is 5.02 Å². The van der Waals surface area contributed by atoms with Crippen LogP contribution in [-0.4, -0.2) is 40.7 Å². The number of carbonyl (C=O) groups is 1. The lowest BCUT2D eigenvalue weighted by Crippen LogP contribution is -2.28. The highest BCUT2D eigenvalue weighted by Crippen LogP contribution is 2.40. The van der Waals surface area contributed by atoms with Crippen molar-refractivity contribution in [2.24, 2.45) is 0 Å². The Morgan fingerprint density at radius 2 is 1.81 bits per heavy atom. The molecular weight excluding hydrogens is 412 g/mol. The molecule has 0 aliphatic carbocycles. The maximum atomic E-state index is 12.3. The molecule has 0 fully saturated rings. The maximum Gasteiger partial charge on any atom is 0.337 e. The van der Waals surface area contributed by atoms with Crippen LogP contribution in [0.25, 0.3) is 22.0 Å². The van der Waals surface area contributed by atoms with Gasteiger partial charge in [0.2, 0.25) is 0 Å². The minimum atomic E-state index is -1.11. The third-order valence-corrected chi connectivity index (χ3v) is 5.12. The lowest BCUT2D eigenvalue weighted by molar-refractivity contribution is -0.160. The highest BCUT2D eigenvalue weighted by atomic mass is 35.5. The van der Waals surface area contributed by atoms with Crippen LogP contribution in [0.15, 0.2) is 42.5 Å². The Hall–Kier alpha value is -2.47. The summed E-state index contributed by atoms with van der Waals surface area (Å²) in [5.41, 5.74) is 4.29. The van der Waals surface area contributed by atoms with Crippen LogP contribution < -0.4 is 0 Å².